The monoisotopic (exact) mass is 367 g/mol. The number of nitrogens with one attached hydrogen (secondary N) is 2. The number of carbonyl (C=O) groups is 1. The molecule has 0 aliphatic rings. The fraction of sp³-hybridized carbons (Fsp3) is 0.200. The van der Waals surface area contributed by atoms with Crippen LogP contribution in [0.1, 0.15) is 25.5 Å². The minimum atomic E-state index is -0.416. The molecule has 0 saturated carbocycles. The van der Waals surface area contributed by atoms with Gasteiger partial charge in [-0.1, -0.05) is 18.5 Å². The summed E-state index contributed by atoms with van der Waals surface area (Å²) in [5.74, 6) is 1.71. The summed E-state index contributed by atoms with van der Waals surface area (Å²) in [5.41, 5.74) is 1.43. The number of aryl methyl sites for hydroxylation is 1. The van der Waals surface area contributed by atoms with Crippen LogP contribution in [0.5, 0.6) is 17.2 Å². The van der Waals surface area contributed by atoms with E-state index in [2.05, 4.69) is 22.7 Å². The Labute approximate surface area is 157 Å². The zero-order valence-corrected chi connectivity index (χ0v) is 14.9. The van der Waals surface area contributed by atoms with Crippen LogP contribution in [0.15, 0.2) is 59.1 Å². The Kier molecular flexibility index (Phi) is 5.94. The normalized spacial score (nSPS) is 10.4. The number of rotatable bonds is 7. The first-order valence-corrected chi connectivity index (χ1v) is 8.73. The van der Waals surface area contributed by atoms with E-state index in [1.54, 1.807) is 54.6 Å². The SMILES string of the molecule is CCCCc1cc(NC(=O)Nc2ccc(Oc3ccc(O)cc3)cc2)on1. The molecule has 0 fully saturated rings. The number of hydrogen-bond donors (Lipinski definition) is 3. The highest BCUT2D eigenvalue weighted by molar-refractivity contribution is 5.98. The molecular formula is C20H21N3O4. The molecule has 7 heteroatoms. The van der Waals surface area contributed by atoms with Crippen molar-refractivity contribution in [3.8, 4) is 17.2 Å². The molecule has 27 heavy (non-hydrogen) atoms. The molecule has 1 heterocycles. The average molecular weight is 367 g/mol. The van der Waals surface area contributed by atoms with Crippen LogP contribution in [0.25, 0.3) is 0 Å². The van der Waals surface area contributed by atoms with Crippen LogP contribution in [0, 0.1) is 0 Å². The number of phenols is 1. The van der Waals surface area contributed by atoms with Crippen molar-refractivity contribution in [3.63, 3.8) is 0 Å². The number of ether oxygens (including phenoxy) is 1. The first-order chi connectivity index (χ1) is 13.1. The Morgan fingerprint density at radius 3 is 2.41 bits per heavy atom. The molecule has 7 nitrogen and oxygen atoms in total. The number of urea groups is 1. The van der Waals surface area contributed by atoms with Crippen molar-refractivity contribution in [2.75, 3.05) is 10.6 Å². The lowest BCUT2D eigenvalue weighted by Gasteiger charge is -2.08. The maximum Gasteiger partial charge on any atom is 0.326 e. The van der Waals surface area contributed by atoms with Gasteiger partial charge in [-0.3, -0.25) is 5.32 Å². The molecule has 3 aromatic rings. The van der Waals surface area contributed by atoms with Gasteiger partial charge in [0.25, 0.3) is 0 Å². The van der Waals surface area contributed by atoms with Crippen LogP contribution in [-0.4, -0.2) is 16.3 Å². The number of unbranched alkanes of at least 4 members (excludes halogenated alkanes) is 1. The van der Waals surface area contributed by atoms with E-state index in [9.17, 15) is 9.90 Å². The van der Waals surface area contributed by atoms with Gasteiger partial charge in [-0.2, -0.15) is 0 Å². The second-order valence-electron chi connectivity index (χ2n) is 5.99. The molecule has 2 amide bonds. The van der Waals surface area contributed by atoms with E-state index >= 15 is 0 Å². The van der Waals surface area contributed by atoms with E-state index < -0.39 is 6.03 Å². The smallest absolute Gasteiger partial charge is 0.326 e. The van der Waals surface area contributed by atoms with Gasteiger partial charge >= 0.3 is 6.03 Å². The van der Waals surface area contributed by atoms with Crippen molar-refractivity contribution < 1.29 is 19.2 Å². The summed E-state index contributed by atoms with van der Waals surface area (Å²) in [5, 5.41) is 18.5. The number of benzene rings is 2. The lowest BCUT2D eigenvalue weighted by atomic mass is 10.2. The van der Waals surface area contributed by atoms with Crippen LogP contribution in [0.4, 0.5) is 16.4 Å². The van der Waals surface area contributed by atoms with Gasteiger partial charge in [0, 0.05) is 11.8 Å². The molecular weight excluding hydrogens is 346 g/mol. The topological polar surface area (TPSA) is 96.6 Å². The molecule has 1 aromatic heterocycles. The van der Waals surface area contributed by atoms with E-state index in [4.69, 9.17) is 9.26 Å². The Morgan fingerprint density at radius 2 is 1.74 bits per heavy atom. The largest absolute Gasteiger partial charge is 0.508 e. The molecule has 0 aliphatic heterocycles. The summed E-state index contributed by atoms with van der Waals surface area (Å²) in [6, 6.07) is 14.7. The maximum atomic E-state index is 12.0. The number of carbonyl (C=O) groups excluding carboxylic acids is 1. The molecule has 0 unspecified atom stereocenters. The van der Waals surface area contributed by atoms with Gasteiger partial charge in [0.1, 0.15) is 17.2 Å². The third kappa shape index (κ3) is 5.50. The molecule has 0 saturated heterocycles. The number of nitrogens with zero attached hydrogens (tertiary/aromatic N) is 1. The number of hydrogen-bond acceptors (Lipinski definition) is 5. The van der Waals surface area contributed by atoms with E-state index in [0.717, 1.165) is 25.0 Å². The fourth-order valence-electron chi connectivity index (χ4n) is 2.38. The van der Waals surface area contributed by atoms with Gasteiger partial charge in [0.15, 0.2) is 0 Å². The molecule has 0 radical (unpaired) electrons. The maximum absolute atomic E-state index is 12.0. The first-order valence-electron chi connectivity index (χ1n) is 8.73. The van der Waals surface area contributed by atoms with Crippen molar-refractivity contribution in [3.05, 3.63) is 60.3 Å². The van der Waals surface area contributed by atoms with Gasteiger partial charge in [0.05, 0.1) is 5.69 Å². The third-order valence-electron chi connectivity index (χ3n) is 3.77. The van der Waals surface area contributed by atoms with Crippen LogP contribution < -0.4 is 15.4 Å². The number of amides is 2. The summed E-state index contributed by atoms with van der Waals surface area (Å²) < 4.78 is 10.8. The second kappa shape index (κ2) is 8.75. The lowest BCUT2D eigenvalue weighted by Crippen LogP contribution is -2.18. The minimum Gasteiger partial charge on any atom is -0.508 e. The Morgan fingerprint density at radius 1 is 1.07 bits per heavy atom. The van der Waals surface area contributed by atoms with Crippen LogP contribution in [0.3, 0.4) is 0 Å². The lowest BCUT2D eigenvalue weighted by molar-refractivity contribution is 0.261. The summed E-state index contributed by atoms with van der Waals surface area (Å²) >= 11 is 0. The van der Waals surface area contributed by atoms with Crippen LogP contribution in [-0.2, 0) is 6.42 Å². The van der Waals surface area contributed by atoms with Crippen LogP contribution >= 0.6 is 0 Å². The van der Waals surface area contributed by atoms with Gasteiger partial charge < -0.3 is 19.7 Å². The highest BCUT2D eigenvalue weighted by Crippen LogP contribution is 2.24. The van der Waals surface area contributed by atoms with Crippen molar-refractivity contribution in [1.82, 2.24) is 5.16 Å². The number of phenolic OH excluding ortho intramolecular Hbond substituents is 1. The molecule has 0 atom stereocenters. The quantitative estimate of drug-likeness (QED) is 0.536. The Balaban J connectivity index is 1.52. The van der Waals surface area contributed by atoms with Gasteiger partial charge in [-0.25, -0.2) is 4.79 Å². The highest BCUT2D eigenvalue weighted by Gasteiger charge is 2.08. The predicted molar refractivity (Wildman–Crippen MR) is 102 cm³/mol. The molecule has 2 aromatic carbocycles. The minimum absolute atomic E-state index is 0.178. The van der Waals surface area contributed by atoms with Crippen molar-refractivity contribution in [1.29, 1.82) is 0 Å². The number of aromatic hydroxyl groups is 1. The Bertz CT molecular complexity index is 873. The van der Waals surface area contributed by atoms with E-state index in [1.165, 1.54) is 0 Å². The average Bonchev–Trinajstić information content (AvgIpc) is 3.10. The van der Waals surface area contributed by atoms with Gasteiger partial charge in [-0.05, 0) is 61.4 Å². The first kappa shape index (κ1) is 18.3. The number of aromatic nitrogens is 1. The molecule has 0 bridgehead atoms. The zero-order valence-electron chi connectivity index (χ0n) is 14.9. The third-order valence-corrected chi connectivity index (χ3v) is 3.77. The van der Waals surface area contributed by atoms with Gasteiger partial charge in [0.2, 0.25) is 5.88 Å². The molecule has 0 aliphatic carbocycles. The van der Waals surface area contributed by atoms with E-state index in [1.807, 2.05) is 0 Å². The van der Waals surface area contributed by atoms with Crippen LogP contribution in [0.2, 0.25) is 0 Å². The summed E-state index contributed by atoms with van der Waals surface area (Å²) in [6.07, 6.45) is 2.92. The summed E-state index contributed by atoms with van der Waals surface area (Å²) in [6.45, 7) is 2.10. The van der Waals surface area contributed by atoms with Gasteiger partial charge in [-0.15, -0.1) is 0 Å². The second-order valence-corrected chi connectivity index (χ2v) is 5.99. The summed E-state index contributed by atoms with van der Waals surface area (Å²) in [4.78, 5) is 12.0. The highest BCUT2D eigenvalue weighted by atomic mass is 16.5. The van der Waals surface area contributed by atoms with Crippen molar-refractivity contribution in [2.24, 2.45) is 0 Å². The molecule has 3 rings (SSSR count). The fourth-order valence-corrected chi connectivity index (χ4v) is 2.38. The van der Waals surface area contributed by atoms with Crippen molar-refractivity contribution in [2.45, 2.75) is 26.2 Å². The Hall–Kier alpha value is -3.48. The number of anilines is 2. The van der Waals surface area contributed by atoms with E-state index in [0.29, 0.717) is 23.1 Å². The van der Waals surface area contributed by atoms with E-state index in [-0.39, 0.29) is 5.75 Å². The van der Waals surface area contributed by atoms with Crippen molar-refractivity contribution >= 4 is 17.6 Å². The molecule has 3 N–H and O–H groups in total. The summed E-state index contributed by atoms with van der Waals surface area (Å²) in [7, 11) is 0. The standard InChI is InChI=1S/C20H21N3O4/c1-2-3-4-15-13-19(27-23-15)22-20(25)21-14-5-9-17(10-6-14)26-18-11-7-16(24)8-12-18/h5-13,24H,2-4H2,1H3,(H2,21,22,25). The zero-order chi connectivity index (χ0) is 19.1. The molecule has 140 valence electrons. The predicted octanol–water partition coefficient (Wildman–Crippen LogP) is 5.16. The molecule has 0 spiro atoms.